The zero-order valence-corrected chi connectivity index (χ0v) is 19.9. The third-order valence-corrected chi connectivity index (χ3v) is 6.28. The van der Waals surface area contributed by atoms with Gasteiger partial charge in [-0.1, -0.05) is 6.58 Å². The molecule has 1 fully saturated rings. The Balaban J connectivity index is 1.40. The number of fused-ring (bicyclic) bond motifs is 1. The number of anilines is 3. The van der Waals surface area contributed by atoms with E-state index >= 15 is 0 Å². The molecular formula is C27H29N7O2. The van der Waals surface area contributed by atoms with Crippen molar-refractivity contribution in [3.8, 4) is 0 Å². The van der Waals surface area contributed by atoms with Crippen LogP contribution in [0.15, 0.2) is 79.9 Å². The second kappa shape index (κ2) is 10.6. The fourth-order valence-corrected chi connectivity index (χ4v) is 4.47. The van der Waals surface area contributed by atoms with Crippen LogP contribution < -0.4 is 21.4 Å². The van der Waals surface area contributed by atoms with Crippen molar-refractivity contribution in [2.45, 2.75) is 12.1 Å². The maximum atomic E-state index is 11.8. The highest BCUT2D eigenvalue weighted by atomic mass is 16.5. The van der Waals surface area contributed by atoms with Crippen molar-refractivity contribution in [1.29, 1.82) is 0 Å². The number of benzene rings is 1. The smallest absolute Gasteiger partial charge is 0.247 e. The summed E-state index contributed by atoms with van der Waals surface area (Å²) < 4.78 is 5.69. The Kier molecular flexibility index (Phi) is 6.92. The Bertz CT molecular complexity index is 1260. The van der Waals surface area contributed by atoms with Crippen molar-refractivity contribution in [3.63, 3.8) is 0 Å². The van der Waals surface area contributed by atoms with Crippen LogP contribution in [0.2, 0.25) is 0 Å². The van der Waals surface area contributed by atoms with E-state index in [-0.39, 0.29) is 18.1 Å². The molecule has 3 aromatic rings. The SMILES string of the molecule is C=CC(=O)Nc1ccnc(C2c3ccncc3C=CN2Nc2ccc(N3CCOC(CN)C3)cc2)c1. The summed E-state index contributed by atoms with van der Waals surface area (Å²) in [5, 5.41) is 4.83. The van der Waals surface area contributed by atoms with E-state index < -0.39 is 0 Å². The predicted octanol–water partition coefficient (Wildman–Crippen LogP) is 3.17. The van der Waals surface area contributed by atoms with Crippen LogP contribution in [0.25, 0.3) is 6.08 Å². The number of carbonyl (C=O) groups is 1. The quantitative estimate of drug-likeness (QED) is 0.440. The number of nitrogens with zero attached hydrogens (tertiary/aromatic N) is 4. The largest absolute Gasteiger partial charge is 0.373 e. The van der Waals surface area contributed by atoms with E-state index in [1.165, 1.54) is 6.08 Å². The fraction of sp³-hybridized carbons (Fsp3) is 0.222. The van der Waals surface area contributed by atoms with Gasteiger partial charge in [-0.2, -0.15) is 0 Å². The molecule has 0 aliphatic carbocycles. The van der Waals surface area contributed by atoms with Crippen LogP contribution >= 0.6 is 0 Å². The number of nitrogens with two attached hydrogens (primary N) is 1. The summed E-state index contributed by atoms with van der Waals surface area (Å²) in [6.45, 7) is 6.35. The molecule has 0 saturated carbocycles. The van der Waals surface area contributed by atoms with E-state index in [1.54, 1.807) is 18.5 Å². The molecular weight excluding hydrogens is 454 g/mol. The van der Waals surface area contributed by atoms with Crippen LogP contribution in [-0.4, -0.2) is 53.2 Å². The van der Waals surface area contributed by atoms with Gasteiger partial charge in [-0.25, -0.2) is 0 Å². The molecule has 2 atom stereocenters. The number of hydrazine groups is 1. The molecule has 36 heavy (non-hydrogen) atoms. The lowest BCUT2D eigenvalue weighted by Gasteiger charge is -2.36. The van der Waals surface area contributed by atoms with Gasteiger partial charge in [0.2, 0.25) is 5.91 Å². The standard InChI is InChI=1S/C27H29N7O2/c1-2-26(35)31-21-7-11-30-25(15-21)27-24-8-10-29-17-19(24)9-12-34(27)32-20-3-5-22(6-4-20)33-13-14-36-23(16-28)18-33/h2-12,15,17,23,27,32H,1,13-14,16,18,28H2,(H,30,31,35). The average molecular weight is 484 g/mol. The molecule has 9 nitrogen and oxygen atoms in total. The van der Waals surface area contributed by atoms with Crippen LogP contribution in [0, 0.1) is 0 Å². The lowest BCUT2D eigenvalue weighted by atomic mass is 9.96. The number of nitrogens with one attached hydrogen (secondary N) is 2. The highest BCUT2D eigenvalue weighted by Crippen LogP contribution is 2.35. The number of hydrogen-bond acceptors (Lipinski definition) is 8. The molecule has 0 radical (unpaired) electrons. The number of pyridine rings is 2. The zero-order valence-electron chi connectivity index (χ0n) is 19.9. The second-order valence-corrected chi connectivity index (χ2v) is 8.63. The highest BCUT2D eigenvalue weighted by molar-refractivity contribution is 5.98. The Morgan fingerprint density at radius 2 is 2.06 bits per heavy atom. The van der Waals surface area contributed by atoms with Gasteiger partial charge >= 0.3 is 0 Å². The van der Waals surface area contributed by atoms with Crippen LogP contribution in [0.1, 0.15) is 22.9 Å². The van der Waals surface area contributed by atoms with Crippen molar-refractivity contribution in [2.24, 2.45) is 5.73 Å². The van der Waals surface area contributed by atoms with Gasteiger partial charge in [-0.15, -0.1) is 0 Å². The van der Waals surface area contributed by atoms with Gasteiger partial charge in [0.15, 0.2) is 0 Å². The van der Waals surface area contributed by atoms with E-state index in [2.05, 4.69) is 56.5 Å². The summed E-state index contributed by atoms with van der Waals surface area (Å²) in [5.41, 5.74) is 14.9. The summed E-state index contributed by atoms with van der Waals surface area (Å²) in [7, 11) is 0. The molecule has 184 valence electrons. The molecule has 2 aromatic heterocycles. The van der Waals surface area contributed by atoms with E-state index in [4.69, 9.17) is 10.5 Å². The van der Waals surface area contributed by atoms with Crippen LogP contribution in [-0.2, 0) is 9.53 Å². The van der Waals surface area contributed by atoms with Gasteiger partial charge in [0, 0.05) is 61.4 Å². The first kappa shape index (κ1) is 23.5. The number of carbonyl (C=O) groups excluding carboxylic acids is 1. The maximum Gasteiger partial charge on any atom is 0.247 e. The molecule has 0 bridgehead atoms. The van der Waals surface area contributed by atoms with E-state index in [9.17, 15) is 4.79 Å². The molecule has 2 aliphatic rings. The summed E-state index contributed by atoms with van der Waals surface area (Å²) in [6, 6.07) is 13.7. The van der Waals surface area contributed by atoms with Gasteiger partial charge in [0.1, 0.15) is 6.04 Å². The van der Waals surface area contributed by atoms with Gasteiger partial charge in [-0.05, 0) is 60.2 Å². The first-order valence-electron chi connectivity index (χ1n) is 11.9. The number of ether oxygens (including phenoxy) is 1. The molecule has 1 aromatic carbocycles. The Hall–Kier alpha value is -4.21. The molecule has 0 spiro atoms. The summed E-state index contributed by atoms with van der Waals surface area (Å²) in [4.78, 5) is 23.0. The topological polar surface area (TPSA) is 109 Å². The predicted molar refractivity (Wildman–Crippen MR) is 141 cm³/mol. The van der Waals surface area contributed by atoms with E-state index in [0.717, 1.165) is 41.3 Å². The molecule has 2 aliphatic heterocycles. The first-order chi connectivity index (χ1) is 17.6. The Morgan fingerprint density at radius 3 is 2.86 bits per heavy atom. The Morgan fingerprint density at radius 1 is 1.19 bits per heavy atom. The van der Waals surface area contributed by atoms with Crippen LogP contribution in [0.3, 0.4) is 0 Å². The van der Waals surface area contributed by atoms with Crippen molar-refractivity contribution in [1.82, 2.24) is 15.0 Å². The number of morpholine rings is 1. The van der Waals surface area contributed by atoms with Crippen LogP contribution in [0.4, 0.5) is 17.1 Å². The molecule has 4 N–H and O–H groups in total. The minimum atomic E-state index is -0.270. The first-order valence-corrected chi connectivity index (χ1v) is 11.9. The molecule has 4 heterocycles. The number of aromatic nitrogens is 2. The molecule has 1 amide bonds. The molecule has 1 saturated heterocycles. The van der Waals surface area contributed by atoms with Crippen LogP contribution in [0.5, 0.6) is 0 Å². The summed E-state index contributed by atoms with van der Waals surface area (Å²) >= 11 is 0. The normalized spacial score (nSPS) is 18.9. The zero-order chi connectivity index (χ0) is 24.9. The van der Waals surface area contributed by atoms with Gasteiger partial charge < -0.3 is 20.7 Å². The molecule has 2 unspecified atom stereocenters. The van der Waals surface area contributed by atoms with Gasteiger partial charge in [0.25, 0.3) is 0 Å². The van der Waals surface area contributed by atoms with Gasteiger partial charge in [-0.3, -0.25) is 25.2 Å². The summed E-state index contributed by atoms with van der Waals surface area (Å²) in [5.74, 6) is -0.270. The molecule has 9 heteroatoms. The number of rotatable bonds is 7. The highest BCUT2D eigenvalue weighted by Gasteiger charge is 2.27. The lowest BCUT2D eigenvalue weighted by molar-refractivity contribution is -0.111. The fourth-order valence-electron chi connectivity index (χ4n) is 4.47. The second-order valence-electron chi connectivity index (χ2n) is 8.63. The maximum absolute atomic E-state index is 11.8. The van der Waals surface area contributed by atoms with Crippen molar-refractivity contribution in [2.75, 3.05) is 41.9 Å². The van der Waals surface area contributed by atoms with Crippen molar-refractivity contribution < 1.29 is 9.53 Å². The monoisotopic (exact) mass is 483 g/mol. The molecule has 5 rings (SSSR count). The van der Waals surface area contributed by atoms with Gasteiger partial charge in [0.05, 0.1) is 24.1 Å². The minimum absolute atomic E-state index is 0.0601. The number of hydrogen-bond donors (Lipinski definition) is 3. The van der Waals surface area contributed by atoms with E-state index in [1.807, 2.05) is 35.6 Å². The Labute approximate surface area is 210 Å². The third-order valence-electron chi connectivity index (χ3n) is 6.28. The third kappa shape index (κ3) is 5.07. The van der Waals surface area contributed by atoms with Crippen molar-refractivity contribution >= 4 is 29.0 Å². The average Bonchev–Trinajstić information content (AvgIpc) is 2.93. The summed E-state index contributed by atoms with van der Waals surface area (Å²) in [6.07, 6.45) is 10.6. The van der Waals surface area contributed by atoms with Crippen molar-refractivity contribution in [3.05, 3.63) is 96.7 Å². The van der Waals surface area contributed by atoms with E-state index in [0.29, 0.717) is 18.8 Å². The lowest BCUT2D eigenvalue weighted by Crippen LogP contribution is -2.45. The number of amides is 1. The minimum Gasteiger partial charge on any atom is -0.373 e.